The summed E-state index contributed by atoms with van der Waals surface area (Å²) < 4.78 is 18.3. The van der Waals surface area contributed by atoms with Gasteiger partial charge >= 0.3 is 0 Å². The summed E-state index contributed by atoms with van der Waals surface area (Å²) in [7, 11) is 0. The van der Waals surface area contributed by atoms with Gasteiger partial charge in [-0.15, -0.1) is 0 Å². The van der Waals surface area contributed by atoms with Crippen molar-refractivity contribution in [3.8, 4) is 11.5 Å². The van der Waals surface area contributed by atoms with Crippen molar-refractivity contribution in [1.82, 2.24) is 30.4 Å². The number of benzene rings is 1. The van der Waals surface area contributed by atoms with Crippen LogP contribution in [0.15, 0.2) is 35.1 Å². The summed E-state index contributed by atoms with van der Waals surface area (Å²) in [5, 5.41) is 18.5. The van der Waals surface area contributed by atoms with E-state index in [0.29, 0.717) is 33.9 Å². The molecule has 1 atom stereocenters. The lowest BCUT2D eigenvalue weighted by molar-refractivity contribution is 0.0928. The second-order valence-corrected chi connectivity index (χ2v) is 7.29. The van der Waals surface area contributed by atoms with Crippen LogP contribution in [0.1, 0.15) is 34.8 Å². The van der Waals surface area contributed by atoms with Crippen LogP contribution in [0.4, 0.5) is 10.2 Å². The Morgan fingerprint density at radius 3 is 2.97 bits per heavy atom. The molecule has 4 aromatic rings. The van der Waals surface area contributed by atoms with Crippen LogP contribution in [0.5, 0.6) is 0 Å². The number of imidazole rings is 1. The monoisotopic (exact) mass is 459 g/mol. The van der Waals surface area contributed by atoms with Gasteiger partial charge in [-0.05, 0) is 24.6 Å². The van der Waals surface area contributed by atoms with Crippen molar-refractivity contribution in [2.75, 3.05) is 18.5 Å². The summed E-state index contributed by atoms with van der Waals surface area (Å²) >= 11 is 6.21. The SMILES string of the molecule is C[C@H](NC(=O)c1ncnc(NCCO)c1Cl)c1cc(-c2nc3ccc(CF)cc3[nH]2)no1. The molecule has 1 amide bonds. The van der Waals surface area contributed by atoms with Crippen LogP contribution < -0.4 is 10.6 Å². The number of fused-ring (bicyclic) bond motifs is 1. The van der Waals surface area contributed by atoms with E-state index < -0.39 is 18.6 Å². The van der Waals surface area contributed by atoms with Crippen molar-refractivity contribution >= 4 is 34.4 Å². The van der Waals surface area contributed by atoms with Crippen molar-refractivity contribution in [3.05, 3.63) is 52.6 Å². The van der Waals surface area contributed by atoms with Gasteiger partial charge in [-0.25, -0.2) is 19.3 Å². The lowest BCUT2D eigenvalue weighted by Crippen LogP contribution is -2.28. The smallest absolute Gasteiger partial charge is 0.272 e. The first kappa shape index (κ1) is 21.7. The molecule has 0 aliphatic heterocycles. The highest BCUT2D eigenvalue weighted by molar-refractivity contribution is 6.35. The number of carbonyl (C=O) groups is 1. The first-order chi connectivity index (χ1) is 15.5. The van der Waals surface area contributed by atoms with Crippen molar-refractivity contribution in [3.63, 3.8) is 0 Å². The van der Waals surface area contributed by atoms with Crippen LogP contribution in [-0.2, 0) is 6.67 Å². The van der Waals surface area contributed by atoms with E-state index in [2.05, 4.69) is 35.7 Å². The number of anilines is 1. The number of aromatic nitrogens is 5. The molecule has 0 aliphatic carbocycles. The fraction of sp³-hybridized carbons (Fsp3) is 0.250. The first-order valence-electron chi connectivity index (χ1n) is 9.67. The number of hydrogen-bond donors (Lipinski definition) is 4. The van der Waals surface area contributed by atoms with Crippen molar-refractivity contribution in [2.45, 2.75) is 19.6 Å². The Morgan fingerprint density at radius 2 is 2.19 bits per heavy atom. The Morgan fingerprint density at radius 1 is 1.34 bits per heavy atom. The van der Waals surface area contributed by atoms with Gasteiger partial charge in [-0.1, -0.05) is 22.8 Å². The molecule has 0 fully saturated rings. The molecule has 12 heteroatoms. The Kier molecular flexibility index (Phi) is 6.28. The molecule has 3 aromatic heterocycles. The van der Waals surface area contributed by atoms with E-state index in [1.807, 2.05) is 0 Å². The first-order valence-corrected chi connectivity index (χ1v) is 10.1. The summed E-state index contributed by atoms with van der Waals surface area (Å²) in [6, 6.07) is 6.18. The van der Waals surface area contributed by atoms with E-state index in [0.717, 1.165) is 0 Å². The minimum Gasteiger partial charge on any atom is -0.395 e. The molecular formula is C20H19ClFN7O3. The largest absolute Gasteiger partial charge is 0.395 e. The molecule has 0 unspecified atom stereocenters. The van der Waals surface area contributed by atoms with Gasteiger partial charge in [0.05, 0.1) is 23.7 Å². The van der Waals surface area contributed by atoms with Crippen LogP contribution in [0.3, 0.4) is 0 Å². The highest BCUT2D eigenvalue weighted by atomic mass is 35.5. The number of rotatable bonds is 8. The summed E-state index contributed by atoms with van der Waals surface area (Å²) in [6.07, 6.45) is 1.20. The summed E-state index contributed by atoms with van der Waals surface area (Å²) in [4.78, 5) is 28.1. The van der Waals surface area contributed by atoms with Gasteiger partial charge in [0.25, 0.3) is 5.91 Å². The molecule has 4 N–H and O–H groups in total. The molecule has 166 valence electrons. The van der Waals surface area contributed by atoms with Gasteiger partial charge < -0.3 is 25.2 Å². The zero-order valence-electron chi connectivity index (χ0n) is 16.9. The van der Waals surface area contributed by atoms with Crippen molar-refractivity contribution in [2.24, 2.45) is 0 Å². The number of carbonyl (C=O) groups excluding carboxylic acids is 1. The zero-order chi connectivity index (χ0) is 22.7. The molecule has 0 aliphatic rings. The molecule has 0 radical (unpaired) electrons. The standard InChI is InChI=1S/C20H19ClFN7O3/c1-10(26-20(31)17-16(21)19(23-4-5-30)25-9-24-17)15-7-14(29-32-15)18-27-12-3-2-11(8-22)6-13(12)28-18/h2-3,6-7,9-10,30H,4-5,8H2,1H3,(H,26,31)(H,27,28)(H,23,24,25)/t10-/m0/s1. The normalized spacial score (nSPS) is 12.1. The maximum atomic E-state index is 12.9. The van der Waals surface area contributed by atoms with Crippen LogP contribution in [0, 0.1) is 0 Å². The third kappa shape index (κ3) is 4.39. The third-order valence-corrected chi connectivity index (χ3v) is 5.01. The second kappa shape index (κ2) is 9.28. The fourth-order valence-corrected chi connectivity index (χ4v) is 3.28. The number of nitrogens with zero attached hydrogens (tertiary/aromatic N) is 4. The number of alkyl halides is 1. The van der Waals surface area contributed by atoms with Crippen molar-refractivity contribution in [1.29, 1.82) is 0 Å². The number of aliphatic hydroxyl groups excluding tert-OH is 1. The van der Waals surface area contributed by atoms with Gasteiger partial charge in [0.1, 0.15) is 29.5 Å². The van der Waals surface area contributed by atoms with Crippen LogP contribution >= 0.6 is 11.6 Å². The van der Waals surface area contributed by atoms with E-state index in [4.69, 9.17) is 21.2 Å². The van der Waals surface area contributed by atoms with Crippen LogP contribution in [-0.4, -0.2) is 49.3 Å². The lowest BCUT2D eigenvalue weighted by Gasteiger charge is -2.12. The Hall–Kier alpha value is -3.57. The molecule has 3 heterocycles. The Balaban J connectivity index is 1.49. The van der Waals surface area contributed by atoms with Crippen molar-refractivity contribution < 1.29 is 18.8 Å². The number of hydrogen-bond acceptors (Lipinski definition) is 8. The third-order valence-electron chi connectivity index (χ3n) is 4.65. The number of aliphatic hydroxyl groups is 1. The molecule has 0 saturated carbocycles. The summed E-state index contributed by atoms with van der Waals surface area (Å²) in [5.41, 5.74) is 2.32. The predicted octanol–water partition coefficient (Wildman–Crippen LogP) is 3.03. The fourth-order valence-electron chi connectivity index (χ4n) is 3.03. The Bertz CT molecular complexity index is 1260. The number of nitrogens with one attached hydrogen (secondary N) is 3. The van der Waals surface area contributed by atoms with E-state index in [9.17, 15) is 9.18 Å². The van der Waals surface area contributed by atoms with E-state index in [1.165, 1.54) is 6.33 Å². The number of H-pyrrole nitrogens is 1. The van der Waals surface area contributed by atoms with Gasteiger partial charge in [0.2, 0.25) is 0 Å². The molecule has 0 spiro atoms. The molecule has 10 nitrogen and oxygen atoms in total. The number of aromatic amines is 1. The molecule has 0 bridgehead atoms. The lowest BCUT2D eigenvalue weighted by atomic mass is 10.2. The topological polar surface area (TPSA) is 142 Å². The average Bonchev–Trinajstić information content (AvgIpc) is 3.45. The summed E-state index contributed by atoms with van der Waals surface area (Å²) in [5.74, 6) is 0.568. The molecule has 32 heavy (non-hydrogen) atoms. The molecule has 0 saturated heterocycles. The quantitative estimate of drug-likeness (QED) is 0.315. The minimum atomic E-state index is -0.565. The van der Waals surface area contributed by atoms with Gasteiger partial charge in [0, 0.05) is 12.6 Å². The van der Waals surface area contributed by atoms with Gasteiger partial charge in [-0.3, -0.25) is 4.79 Å². The van der Waals surface area contributed by atoms with Gasteiger partial charge in [0.15, 0.2) is 17.3 Å². The zero-order valence-corrected chi connectivity index (χ0v) is 17.6. The van der Waals surface area contributed by atoms with E-state index >= 15 is 0 Å². The number of halogens is 2. The maximum absolute atomic E-state index is 12.9. The molecular weight excluding hydrogens is 441 g/mol. The number of amides is 1. The second-order valence-electron chi connectivity index (χ2n) is 6.92. The van der Waals surface area contributed by atoms with Crippen LogP contribution in [0.25, 0.3) is 22.6 Å². The van der Waals surface area contributed by atoms with E-state index in [-0.39, 0.29) is 29.7 Å². The van der Waals surface area contributed by atoms with Crippen LogP contribution in [0.2, 0.25) is 5.02 Å². The predicted molar refractivity (Wildman–Crippen MR) is 115 cm³/mol. The molecule has 1 aromatic carbocycles. The summed E-state index contributed by atoms with van der Waals surface area (Å²) in [6.45, 7) is 1.26. The average molecular weight is 460 g/mol. The highest BCUT2D eigenvalue weighted by Crippen LogP contribution is 2.25. The minimum absolute atomic E-state index is 0.0188. The molecule has 4 rings (SSSR count). The Labute approximate surface area is 186 Å². The van der Waals surface area contributed by atoms with E-state index in [1.54, 1.807) is 31.2 Å². The van der Waals surface area contributed by atoms with Gasteiger partial charge in [-0.2, -0.15) is 0 Å². The maximum Gasteiger partial charge on any atom is 0.272 e. The highest BCUT2D eigenvalue weighted by Gasteiger charge is 2.21.